The van der Waals surface area contributed by atoms with Gasteiger partial charge in [-0.15, -0.1) is 0 Å². The number of nitrogens with two attached hydrogens (primary N) is 1. The van der Waals surface area contributed by atoms with E-state index in [1.807, 2.05) is 0 Å². The van der Waals surface area contributed by atoms with Crippen LogP contribution in [0.3, 0.4) is 0 Å². The third-order valence-corrected chi connectivity index (χ3v) is 4.07. The van der Waals surface area contributed by atoms with E-state index in [4.69, 9.17) is 5.84 Å². The molecule has 10 heteroatoms. The van der Waals surface area contributed by atoms with Gasteiger partial charge in [0.2, 0.25) is 21.9 Å². The Morgan fingerprint density at radius 2 is 2.00 bits per heavy atom. The summed E-state index contributed by atoms with van der Waals surface area (Å²) in [5.41, 5.74) is 2.20. The minimum atomic E-state index is -3.72. The van der Waals surface area contributed by atoms with Crippen molar-refractivity contribution >= 4 is 21.9 Å². The summed E-state index contributed by atoms with van der Waals surface area (Å²) in [6.07, 6.45) is 4.36. The van der Waals surface area contributed by atoms with E-state index in [0.717, 1.165) is 25.2 Å². The molecule has 20 heavy (non-hydrogen) atoms. The molecule has 2 rings (SSSR count). The lowest BCUT2D eigenvalue weighted by molar-refractivity contribution is -0.121. The Morgan fingerprint density at radius 1 is 1.35 bits per heavy atom. The van der Waals surface area contributed by atoms with E-state index in [2.05, 4.69) is 25.4 Å². The van der Waals surface area contributed by atoms with Gasteiger partial charge in [0.15, 0.2) is 0 Å². The standard InChI is InChI=1S/C10H16N6O3S/c11-16-10-12-5-8(6-13-10)20(18,19)14-4-3-9(17)15-7-1-2-7/h5-7,14H,1-4,11H2,(H,15,17)(H,12,13,16). The van der Waals surface area contributed by atoms with Crippen LogP contribution < -0.4 is 21.3 Å². The van der Waals surface area contributed by atoms with E-state index < -0.39 is 10.0 Å². The molecule has 9 nitrogen and oxygen atoms in total. The van der Waals surface area contributed by atoms with Crippen LogP contribution in [0.2, 0.25) is 0 Å². The second-order valence-corrected chi connectivity index (χ2v) is 6.14. The number of rotatable bonds is 7. The Morgan fingerprint density at radius 3 is 2.55 bits per heavy atom. The number of nitrogen functional groups attached to an aromatic ring is 1. The van der Waals surface area contributed by atoms with Crippen molar-refractivity contribution in [1.29, 1.82) is 0 Å². The largest absolute Gasteiger partial charge is 0.353 e. The zero-order chi connectivity index (χ0) is 14.6. The summed E-state index contributed by atoms with van der Waals surface area (Å²) < 4.78 is 26.1. The molecule has 0 aromatic carbocycles. The first-order chi connectivity index (χ1) is 9.51. The maximum atomic E-state index is 11.9. The molecule has 1 saturated carbocycles. The van der Waals surface area contributed by atoms with Gasteiger partial charge in [-0.25, -0.2) is 29.0 Å². The summed E-state index contributed by atoms with van der Waals surface area (Å²) in [7, 11) is -3.72. The smallest absolute Gasteiger partial charge is 0.243 e. The van der Waals surface area contributed by atoms with Crippen LogP contribution in [0.1, 0.15) is 19.3 Å². The molecule has 1 aromatic heterocycles. The second-order valence-electron chi connectivity index (χ2n) is 4.38. The average molecular weight is 300 g/mol. The molecule has 0 bridgehead atoms. The maximum absolute atomic E-state index is 11.9. The first-order valence-corrected chi connectivity index (χ1v) is 7.57. The summed E-state index contributed by atoms with van der Waals surface area (Å²) in [5.74, 6) is 5.04. The number of sulfonamides is 1. The fourth-order valence-electron chi connectivity index (χ4n) is 1.44. The van der Waals surface area contributed by atoms with Crippen LogP contribution >= 0.6 is 0 Å². The zero-order valence-corrected chi connectivity index (χ0v) is 11.5. The maximum Gasteiger partial charge on any atom is 0.243 e. The lowest BCUT2D eigenvalue weighted by atomic mass is 10.4. The van der Waals surface area contributed by atoms with Crippen LogP contribution in [0.15, 0.2) is 17.3 Å². The molecule has 1 aliphatic rings. The SMILES string of the molecule is NNc1ncc(S(=O)(=O)NCCC(=O)NC2CC2)cn1. The van der Waals surface area contributed by atoms with Gasteiger partial charge in [0, 0.05) is 19.0 Å². The fraction of sp³-hybridized carbons (Fsp3) is 0.500. The van der Waals surface area contributed by atoms with E-state index in [1.54, 1.807) is 0 Å². The Balaban J connectivity index is 1.84. The summed E-state index contributed by atoms with van der Waals surface area (Å²) in [6.45, 7) is 0.0256. The molecular formula is C10H16N6O3S. The van der Waals surface area contributed by atoms with Crippen molar-refractivity contribution < 1.29 is 13.2 Å². The monoisotopic (exact) mass is 300 g/mol. The molecule has 1 aliphatic carbocycles. The van der Waals surface area contributed by atoms with E-state index >= 15 is 0 Å². The number of hydrogen-bond donors (Lipinski definition) is 4. The van der Waals surface area contributed by atoms with Crippen molar-refractivity contribution in [3.05, 3.63) is 12.4 Å². The number of carbonyl (C=O) groups excluding carboxylic acids is 1. The molecule has 0 atom stereocenters. The van der Waals surface area contributed by atoms with E-state index in [-0.39, 0.29) is 35.8 Å². The topological polar surface area (TPSA) is 139 Å². The highest BCUT2D eigenvalue weighted by Gasteiger charge is 2.23. The summed E-state index contributed by atoms with van der Waals surface area (Å²) in [6, 6.07) is 0.267. The van der Waals surface area contributed by atoms with E-state index in [1.165, 1.54) is 0 Å². The molecular weight excluding hydrogens is 284 g/mol. The quantitative estimate of drug-likeness (QED) is 0.363. The zero-order valence-electron chi connectivity index (χ0n) is 10.7. The van der Waals surface area contributed by atoms with Crippen molar-refractivity contribution in [3.8, 4) is 0 Å². The molecule has 1 aromatic rings. The van der Waals surface area contributed by atoms with Gasteiger partial charge in [-0.3, -0.25) is 10.2 Å². The number of hydrazine groups is 1. The van der Waals surface area contributed by atoms with Gasteiger partial charge in [0.1, 0.15) is 4.90 Å². The van der Waals surface area contributed by atoms with Gasteiger partial charge in [-0.05, 0) is 12.8 Å². The molecule has 1 fully saturated rings. The first kappa shape index (κ1) is 14.6. The Kier molecular flexibility index (Phi) is 4.47. The van der Waals surface area contributed by atoms with Crippen molar-refractivity contribution in [3.63, 3.8) is 0 Å². The number of aromatic nitrogens is 2. The third kappa shape index (κ3) is 4.11. The van der Waals surface area contributed by atoms with Gasteiger partial charge in [0.25, 0.3) is 0 Å². The number of hydrogen-bond acceptors (Lipinski definition) is 7. The van der Waals surface area contributed by atoms with Crippen LogP contribution in [0, 0.1) is 0 Å². The van der Waals surface area contributed by atoms with Gasteiger partial charge in [0.05, 0.1) is 12.4 Å². The van der Waals surface area contributed by atoms with Crippen LogP contribution in [0.4, 0.5) is 5.95 Å². The molecule has 0 unspecified atom stereocenters. The van der Waals surface area contributed by atoms with E-state index in [0.29, 0.717) is 0 Å². The number of anilines is 1. The van der Waals surface area contributed by atoms with Gasteiger partial charge in [-0.2, -0.15) is 0 Å². The molecule has 1 amide bonds. The van der Waals surface area contributed by atoms with Gasteiger partial charge < -0.3 is 5.32 Å². The summed E-state index contributed by atoms with van der Waals surface area (Å²) in [4.78, 5) is 18.7. The molecule has 5 N–H and O–H groups in total. The lowest BCUT2D eigenvalue weighted by Gasteiger charge is -2.07. The number of amides is 1. The summed E-state index contributed by atoms with van der Waals surface area (Å²) >= 11 is 0. The van der Waals surface area contributed by atoms with Crippen molar-refractivity contribution in [2.24, 2.45) is 5.84 Å². The van der Waals surface area contributed by atoms with Crippen molar-refractivity contribution in [1.82, 2.24) is 20.0 Å². The Hall–Kier alpha value is -1.78. The molecule has 1 heterocycles. The molecule has 0 aliphatic heterocycles. The third-order valence-electron chi connectivity index (χ3n) is 2.65. The van der Waals surface area contributed by atoms with Crippen LogP contribution in [-0.4, -0.2) is 36.9 Å². The minimum Gasteiger partial charge on any atom is -0.353 e. The highest BCUT2D eigenvalue weighted by Crippen LogP contribution is 2.18. The summed E-state index contributed by atoms with van der Waals surface area (Å²) in [5, 5.41) is 2.77. The Labute approximate surface area is 116 Å². The highest BCUT2D eigenvalue weighted by atomic mass is 32.2. The van der Waals surface area contributed by atoms with Crippen molar-refractivity contribution in [2.45, 2.75) is 30.2 Å². The fourth-order valence-corrected chi connectivity index (χ4v) is 2.36. The first-order valence-electron chi connectivity index (χ1n) is 6.09. The number of nitrogens with zero attached hydrogens (tertiary/aromatic N) is 2. The average Bonchev–Trinajstić information content (AvgIpc) is 3.22. The number of nitrogens with one attached hydrogen (secondary N) is 3. The lowest BCUT2D eigenvalue weighted by Crippen LogP contribution is -2.31. The molecule has 0 spiro atoms. The van der Waals surface area contributed by atoms with Crippen LogP contribution in [0.25, 0.3) is 0 Å². The van der Waals surface area contributed by atoms with E-state index in [9.17, 15) is 13.2 Å². The van der Waals surface area contributed by atoms with Gasteiger partial charge in [-0.1, -0.05) is 0 Å². The van der Waals surface area contributed by atoms with Gasteiger partial charge >= 0.3 is 0 Å². The van der Waals surface area contributed by atoms with Crippen LogP contribution in [-0.2, 0) is 14.8 Å². The van der Waals surface area contributed by atoms with Crippen molar-refractivity contribution in [2.75, 3.05) is 12.0 Å². The van der Waals surface area contributed by atoms with Crippen LogP contribution in [0.5, 0.6) is 0 Å². The Bertz CT molecular complexity index is 569. The minimum absolute atomic E-state index is 0.0256. The number of carbonyl (C=O) groups is 1. The molecule has 0 radical (unpaired) electrons. The molecule has 0 saturated heterocycles. The predicted molar refractivity (Wildman–Crippen MR) is 70.8 cm³/mol. The predicted octanol–water partition coefficient (Wildman–Crippen LogP) is -1.29. The normalized spacial score (nSPS) is 14.8. The highest BCUT2D eigenvalue weighted by molar-refractivity contribution is 7.89. The molecule has 110 valence electrons. The second kappa shape index (κ2) is 6.11.